The molecule has 0 radical (unpaired) electrons. The molecule has 0 aliphatic carbocycles. The average Bonchev–Trinajstić information content (AvgIpc) is 2.85. The van der Waals surface area contributed by atoms with Crippen LogP contribution in [0.2, 0.25) is 0 Å². The first-order valence-corrected chi connectivity index (χ1v) is 9.10. The highest BCUT2D eigenvalue weighted by Crippen LogP contribution is 2.25. The number of hydrogen-bond acceptors (Lipinski definition) is 4. The number of aryl methyl sites for hydroxylation is 2. The van der Waals surface area contributed by atoms with Crippen molar-refractivity contribution in [1.82, 2.24) is 4.72 Å². The molecular weight excluding hydrogens is 304 g/mol. The maximum absolute atomic E-state index is 12.4. The van der Waals surface area contributed by atoms with E-state index in [1.54, 1.807) is 23.5 Å². The molecule has 1 heterocycles. The molecule has 2 rings (SSSR count). The molecule has 3 N–H and O–H groups in total. The van der Waals surface area contributed by atoms with Gasteiger partial charge in [-0.15, -0.1) is 11.3 Å². The molecule has 0 aliphatic heterocycles. The number of sulfonamides is 1. The molecule has 0 bridgehead atoms. The highest BCUT2D eigenvalue weighted by atomic mass is 32.2. The van der Waals surface area contributed by atoms with Gasteiger partial charge < -0.3 is 5.73 Å². The van der Waals surface area contributed by atoms with Crippen LogP contribution >= 0.6 is 11.3 Å². The molecule has 4 nitrogen and oxygen atoms in total. The number of thiophene rings is 1. The Morgan fingerprint density at radius 1 is 1.29 bits per heavy atom. The second-order valence-corrected chi connectivity index (χ2v) is 8.04. The van der Waals surface area contributed by atoms with Crippen molar-refractivity contribution < 1.29 is 8.42 Å². The molecule has 1 aromatic heterocycles. The molecule has 1 unspecified atom stereocenters. The molecule has 21 heavy (non-hydrogen) atoms. The standard InChI is InChI=1S/C15H20N2O2S2/c1-4-12-6-7-13(9-14(12)16)21(18,19)17-11(3)15-8-5-10(2)20-15/h5-9,11,17H,4,16H2,1-3H3. The lowest BCUT2D eigenvalue weighted by Crippen LogP contribution is -2.26. The summed E-state index contributed by atoms with van der Waals surface area (Å²) in [6.45, 7) is 5.82. The van der Waals surface area contributed by atoms with Gasteiger partial charge in [-0.05, 0) is 50.1 Å². The Balaban J connectivity index is 2.24. The van der Waals surface area contributed by atoms with Gasteiger partial charge in [-0.2, -0.15) is 0 Å². The molecular formula is C15H20N2O2S2. The first-order valence-electron chi connectivity index (χ1n) is 6.80. The predicted octanol–water partition coefficient (Wildman–Crippen LogP) is 3.24. The lowest BCUT2D eigenvalue weighted by atomic mass is 10.1. The lowest BCUT2D eigenvalue weighted by Gasteiger charge is -2.14. The summed E-state index contributed by atoms with van der Waals surface area (Å²) in [6.07, 6.45) is 0.782. The Morgan fingerprint density at radius 3 is 2.52 bits per heavy atom. The van der Waals surface area contributed by atoms with Crippen molar-refractivity contribution >= 4 is 27.0 Å². The predicted molar refractivity (Wildman–Crippen MR) is 88.0 cm³/mol. The largest absolute Gasteiger partial charge is 0.398 e. The minimum absolute atomic E-state index is 0.206. The van der Waals surface area contributed by atoms with Crippen LogP contribution in [0.15, 0.2) is 35.2 Å². The van der Waals surface area contributed by atoms with Gasteiger partial charge in [0.05, 0.1) is 10.9 Å². The maximum Gasteiger partial charge on any atom is 0.241 e. The van der Waals surface area contributed by atoms with Crippen molar-refractivity contribution in [3.8, 4) is 0 Å². The van der Waals surface area contributed by atoms with E-state index in [2.05, 4.69) is 4.72 Å². The van der Waals surface area contributed by atoms with Gasteiger partial charge in [0.1, 0.15) is 0 Å². The zero-order valence-corrected chi connectivity index (χ0v) is 14.0. The van der Waals surface area contributed by atoms with Crippen LogP contribution in [0.5, 0.6) is 0 Å². The zero-order chi connectivity index (χ0) is 15.6. The van der Waals surface area contributed by atoms with E-state index < -0.39 is 10.0 Å². The van der Waals surface area contributed by atoms with Gasteiger partial charge in [-0.1, -0.05) is 13.0 Å². The summed E-state index contributed by atoms with van der Waals surface area (Å²) in [5.74, 6) is 0. The van der Waals surface area contributed by atoms with E-state index in [1.165, 1.54) is 6.07 Å². The fraction of sp³-hybridized carbons (Fsp3) is 0.333. The number of nitrogen functional groups attached to an aromatic ring is 1. The Kier molecular flexibility index (Phi) is 4.70. The van der Waals surface area contributed by atoms with Crippen LogP contribution in [0, 0.1) is 6.92 Å². The summed E-state index contributed by atoms with van der Waals surface area (Å²) in [5, 5.41) is 0. The van der Waals surface area contributed by atoms with Gasteiger partial charge in [-0.3, -0.25) is 0 Å². The SMILES string of the molecule is CCc1ccc(S(=O)(=O)NC(C)c2ccc(C)s2)cc1N. The van der Waals surface area contributed by atoms with Crippen molar-refractivity contribution in [3.63, 3.8) is 0 Å². The third-order valence-electron chi connectivity index (χ3n) is 3.33. The summed E-state index contributed by atoms with van der Waals surface area (Å²) < 4.78 is 27.5. The van der Waals surface area contributed by atoms with Crippen LogP contribution in [0.3, 0.4) is 0 Å². The topological polar surface area (TPSA) is 72.2 Å². The Bertz CT molecular complexity index is 736. The summed E-state index contributed by atoms with van der Waals surface area (Å²) in [4.78, 5) is 2.36. The molecule has 0 saturated heterocycles. The zero-order valence-electron chi connectivity index (χ0n) is 12.4. The fourth-order valence-electron chi connectivity index (χ4n) is 2.11. The molecule has 0 saturated carbocycles. The molecule has 1 atom stereocenters. The van der Waals surface area contributed by atoms with E-state index in [9.17, 15) is 8.42 Å². The maximum atomic E-state index is 12.4. The van der Waals surface area contributed by atoms with Crippen molar-refractivity contribution in [1.29, 1.82) is 0 Å². The second kappa shape index (κ2) is 6.17. The van der Waals surface area contributed by atoms with E-state index in [1.807, 2.05) is 32.9 Å². The van der Waals surface area contributed by atoms with Gasteiger partial charge >= 0.3 is 0 Å². The summed E-state index contributed by atoms with van der Waals surface area (Å²) in [7, 11) is -3.57. The second-order valence-electron chi connectivity index (χ2n) is 5.01. The Labute approximate surface area is 130 Å². The van der Waals surface area contributed by atoms with Crippen molar-refractivity contribution in [2.24, 2.45) is 0 Å². The number of hydrogen-bond donors (Lipinski definition) is 2. The van der Waals surface area contributed by atoms with Crippen LogP contribution in [0.4, 0.5) is 5.69 Å². The van der Waals surface area contributed by atoms with Crippen LogP contribution in [0.1, 0.15) is 35.2 Å². The van der Waals surface area contributed by atoms with Crippen LogP contribution < -0.4 is 10.5 Å². The normalized spacial score (nSPS) is 13.3. The highest BCUT2D eigenvalue weighted by molar-refractivity contribution is 7.89. The molecule has 0 fully saturated rings. The van der Waals surface area contributed by atoms with E-state index >= 15 is 0 Å². The smallest absolute Gasteiger partial charge is 0.241 e. The number of rotatable bonds is 5. The Hall–Kier alpha value is -1.37. The van der Waals surface area contributed by atoms with Crippen LogP contribution in [-0.2, 0) is 16.4 Å². The molecule has 114 valence electrons. The average molecular weight is 324 g/mol. The molecule has 0 spiro atoms. The van der Waals surface area contributed by atoms with Crippen molar-refractivity contribution in [2.45, 2.75) is 38.1 Å². The number of nitrogens with one attached hydrogen (secondary N) is 1. The highest BCUT2D eigenvalue weighted by Gasteiger charge is 2.20. The lowest BCUT2D eigenvalue weighted by molar-refractivity contribution is 0.568. The minimum Gasteiger partial charge on any atom is -0.398 e. The summed E-state index contributed by atoms with van der Waals surface area (Å²) in [5.41, 5.74) is 7.35. The van der Waals surface area contributed by atoms with Gasteiger partial charge in [0.15, 0.2) is 0 Å². The van der Waals surface area contributed by atoms with Gasteiger partial charge in [-0.25, -0.2) is 13.1 Å². The van der Waals surface area contributed by atoms with Gasteiger partial charge in [0.2, 0.25) is 10.0 Å². The van der Waals surface area contributed by atoms with E-state index in [0.29, 0.717) is 5.69 Å². The summed E-state index contributed by atoms with van der Waals surface area (Å²) >= 11 is 1.59. The monoisotopic (exact) mass is 324 g/mol. The van der Waals surface area contributed by atoms with E-state index in [-0.39, 0.29) is 10.9 Å². The number of nitrogens with two attached hydrogens (primary N) is 1. The fourth-order valence-corrected chi connectivity index (χ4v) is 4.32. The summed E-state index contributed by atoms with van der Waals surface area (Å²) in [6, 6.07) is 8.56. The van der Waals surface area contributed by atoms with Gasteiger partial charge in [0.25, 0.3) is 0 Å². The van der Waals surface area contributed by atoms with E-state index in [0.717, 1.165) is 21.7 Å². The third kappa shape index (κ3) is 3.64. The molecule has 6 heteroatoms. The number of anilines is 1. The number of benzene rings is 1. The van der Waals surface area contributed by atoms with Gasteiger partial charge in [0, 0.05) is 15.4 Å². The molecule has 1 aromatic carbocycles. The van der Waals surface area contributed by atoms with Crippen LogP contribution in [0.25, 0.3) is 0 Å². The van der Waals surface area contributed by atoms with Crippen molar-refractivity contribution in [3.05, 3.63) is 45.6 Å². The van der Waals surface area contributed by atoms with Crippen LogP contribution in [-0.4, -0.2) is 8.42 Å². The van der Waals surface area contributed by atoms with Crippen molar-refractivity contribution in [2.75, 3.05) is 5.73 Å². The minimum atomic E-state index is -3.57. The molecule has 0 aliphatic rings. The van der Waals surface area contributed by atoms with E-state index in [4.69, 9.17) is 5.73 Å². The molecule has 2 aromatic rings. The third-order valence-corrected chi connectivity index (χ3v) is 6.05. The quantitative estimate of drug-likeness (QED) is 0.829. The molecule has 0 amide bonds. The Morgan fingerprint density at radius 2 is 2.00 bits per heavy atom. The first kappa shape index (κ1) is 16.0. The first-order chi connectivity index (χ1) is 9.83.